The van der Waals surface area contributed by atoms with Crippen LogP contribution in [-0.2, 0) is 14.3 Å². The Balaban J connectivity index is 3.82. The van der Waals surface area contributed by atoms with Crippen LogP contribution in [0, 0.1) is 0 Å². The van der Waals surface area contributed by atoms with Crippen molar-refractivity contribution in [2.24, 2.45) is 0 Å². The molecule has 0 spiro atoms. The summed E-state index contributed by atoms with van der Waals surface area (Å²) in [4.78, 5) is 10.6. The highest BCUT2D eigenvalue weighted by molar-refractivity contribution is 6.36. The zero-order chi connectivity index (χ0) is 15.2. The van der Waals surface area contributed by atoms with Crippen molar-refractivity contribution in [3.8, 4) is 0 Å². The van der Waals surface area contributed by atoms with Gasteiger partial charge in [0.25, 0.3) is 0 Å². The second-order valence-electron chi connectivity index (χ2n) is 5.03. The maximum absolute atomic E-state index is 10.6. The van der Waals surface area contributed by atoms with E-state index in [0.717, 1.165) is 51.4 Å². The summed E-state index contributed by atoms with van der Waals surface area (Å²) in [6.07, 6.45) is 5.83. The predicted octanol–water partition coefficient (Wildman–Crippen LogP) is 2.91. The molecule has 0 rings (SSSR count). The molecule has 1 N–H and O–H groups in total. The summed E-state index contributed by atoms with van der Waals surface area (Å²) in [7, 11) is -0.477. The Morgan fingerprint density at radius 1 is 1.15 bits per heavy atom. The molecule has 0 heterocycles. The van der Waals surface area contributed by atoms with Gasteiger partial charge in [0.05, 0.1) is 9.52 Å². The molecule has 0 aliphatic rings. The van der Waals surface area contributed by atoms with Crippen LogP contribution in [0.15, 0.2) is 12.2 Å². The van der Waals surface area contributed by atoms with Crippen molar-refractivity contribution in [2.45, 2.75) is 64.3 Å². The summed E-state index contributed by atoms with van der Waals surface area (Å²) in [6, 6.07) is 1.04. The number of carboxylic acids is 1. The lowest BCUT2D eigenvalue weighted by molar-refractivity contribution is -0.132. The molecule has 0 unspecified atom stereocenters. The summed E-state index contributed by atoms with van der Waals surface area (Å²) in [5, 5.41) is 8.74. The van der Waals surface area contributed by atoms with Gasteiger partial charge in [-0.15, -0.1) is 0 Å². The summed E-state index contributed by atoms with van der Waals surface area (Å²) >= 11 is 0. The number of aliphatic carboxylic acids is 1. The van der Waals surface area contributed by atoms with E-state index in [1.807, 2.05) is 0 Å². The second-order valence-corrected chi connectivity index (χ2v) is 6.98. The van der Waals surface area contributed by atoms with Gasteiger partial charge in [0, 0.05) is 18.8 Å². The number of unbranched alkanes of at least 4 members (excludes halogenated alkanes) is 2. The van der Waals surface area contributed by atoms with Crippen molar-refractivity contribution in [3.05, 3.63) is 12.2 Å². The summed E-state index contributed by atoms with van der Waals surface area (Å²) < 4.78 is 11.6. The van der Waals surface area contributed by atoms with E-state index in [4.69, 9.17) is 14.6 Å². The Kier molecular flexibility index (Phi) is 12.9. The average molecular weight is 302 g/mol. The first-order chi connectivity index (χ1) is 9.61. The number of hydrogen-bond donors (Lipinski definition) is 1. The molecule has 0 fully saturated rings. The lowest BCUT2D eigenvalue weighted by Gasteiger charge is -2.18. The van der Waals surface area contributed by atoms with Gasteiger partial charge in [-0.1, -0.05) is 45.7 Å². The highest BCUT2D eigenvalue weighted by atomic mass is 28.2. The van der Waals surface area contributed by atoms with Gasteiger partial charge in [-0.25, -0.2) is 4.79 Å². The minimum Gasteiger partial charge on any atom is -0.478 e. The molecule has 0 aromatic rings. The van der Waals surface area contributed by atoms with Crippen LogP contribution < -0.4 is 0 Å². The van der Waals surface area contributed by atoms with Crippen LogP contribution in [0.3, 0.4) is 0 Å². The third-order valence-electron chi connectivity index (χ3n) is 3.07. The van der Waals surface area contributed by atoms with E-state index < -0.39 is 15.5 Å². The quantitative estimate of drug-likeness (QED) is 0.232. The van der Waals surface area contributed by atoms with Crippen LogP contribution in [0.5, 0.6) is 0 Å². The highest BCUT2D eigenvalue weighted by Gasteiger charge is 2.10. The van der Waals surface area contributed by atoms with Crippen molar-refractivity contribution in [1.82, 2.24) is 0 Å². The molecule has 0 saturated carbocycles. The van der Waals surface area contributed by atoms with Crippen LogP contribution in [0.4, 0.5) is 0 Å². The second kappa shape index (κ2) is 13.3. The molecule has 0 aliphatic carbocycles. The normalized spacial score (nSPS) is 11.6. The average Bonchev–Trinajstić information content (AvgIpc) is 2.42. The zero-order valence-corrected chi connectivity index (χ0v) is 14.4. The Morgan fingerprint density at radius 3 is 2.15 bits per heavy atom. The van der Waals surface area contributed by atoms with Gasteiger partial charge in [0.2, 0.25) is 0 Å². The fourth-order valence-corrected chi connectivity index (χ4v) is 3.23. The molecule has 4 nitrogen and oxygen atoms in total. The Bertz CT molecular complexity index is 259. The molecule has 0 bridgehead atoms. The molecular formula is C15H30O4Si. The predicted molar refractivity (Wildman–Crippen MR) is 84.9 cm³/mol. The maximum atomic E-state index is 10.6. The van der Waals surface area contributed by atoms with Crippen molar-refractivity contribution in [1.29, 1.82) is 0 Å². The molecule has 0 radical (unpaired) electrons. The third-order valence-corrected chi connectivity index (χ3v) is 4.93. The van der Waals surface area contributed by atoms with Crippen LogP contribution in [0.2, 0.25) is 6.04 Å². The number of carbonyl (C=O) groups is 1. The van der Waals surface area contributed by atoms with Gasteiger partial charge in [-0.2, -0.15) is 0 Å². The lowest BCUT2D eigenvalue weighted by atomic mass is 10.2. The summed E-state index contributed by atoms with van der Waals surface area (Å²) in [5.74, 6) is -0.896. The zero-order valence-electron chi connectivity index (χ0n) is 13.0. The first-order valence-corrected chi connectivity index (χ1v) is 9.57. The Morgan fingerprint density at radius 2 is 1.70 bits per heavy atom. The standard InChI is InChI=1S/C15H30O4Si/c1-4-6-10-18-15(19-11-7-5-2)20-12-8-9-13(3)14(16)17/h15H,3-12,20H2,1-2H3,(H,16,17). The molecule has 20 heavy (non-hydrogen) atoms. The van der Waals surface area contributed by atoms with E-state index >= 15 is 0 Å². The van der Waals surface area contributed by atoms with Crippen molar-refractivity contribution in [2.75, 3.05) is 13.2 Å². The van der Waals surface area contributed by atoms with E-state index in [1.54, 1.807) is 0 Å². The number of ether oxygens (including phenoxy) is 2. The van der Waals surface area contributed by atoms with Crippen LogP contribution in [0.1, 0.15) is 52.4 Å². The molecule has 118 valence electrons. The van der Waals surface area contributed by atoms with Crippen molar-refractivity contribution < 1.29 is 19.4 Å². The van der Waals surface area contributed by atoms with Gasteiger partial charge in [0.1, 0.15) is 5.91 Å². The molecule has 0 aromatic carbocycles. The van der Waals surface area contributed by atoms with Gasteiger partial charge in [0.15, 0.2) is 0 Å². The fraction of sp³-hybridized carbons (Fsp3) is 0.800. The van der Waals surface area contributed by atoms with Crippen LogP contribution in [-0.4, -0.2) is 39.7 Å². The monoisotopic (exact) mass is 302 g/mol. The smallest absolute Gasteiger partial charge is 0.330 e. The van der Waals surface area contributed by atoms with Gasteiger partial charge >= 0.3 is 5.97 Å². The van der Waals surface area contributed by atoms with E-state index in [1.165, 1.54) is 0 Å². The van der Waals surface area contributed by atoms with Crippen molar-refractivity contribution >= 4 is 15.5 Å². The SMILES string of the molecule is C=C(CCC[SiH2]C(OCCCC)OCCCC)C(=O)O. The molecule has 0 saturated heterocycles. The molecule has 0 atom stereocenters. The molecule has 0 amide bonds. The number of rotatable bonds is 14. The topological polar surface area (TPSA) is 55.8 Å². The summed E-state index contributed by atoms with van der Waals surface area (Å²) in [5.41, 5.74) is 0.300. The summed E-state index contributed by atoms with van der Waals surface area (Å²) in [6.45, 7) is 9.37. The van der Waals surface area contributed by atoms with Crippen LogP contribution >= 0.6 is 0 Å². The van der Waals surface area contributed by atoms with Gasteiger partial charge in [-0.05, 0) is 19.3 Å². The Labute approximate surface area is 125 Å². The third kappa shape index (κ3) is 11.2. The van der Waals surface area contributed by atoms with E-state index in [9.17, 15) is 4.79 Å². The number of carboxylic acid groups (broad SMARTS) is 1. The lowest BCUT2D eigenvalue weighted by Crippen LogP contribution is -2.25. The maximum Gasteiger partial charge on any atom is 0.330 e. The molecular weight excluding hydrogens is 272 g/mol. The molecule has 5 heteroatoms. The van der Waals surface area contributed by atoms with Gasteiger partial charge < -0.3 is 14.6 Å². The Hall–Kier alpha value is -0.653. The molecule has 0 aliphatic heterocycles. The van der Waals surface area contributed by atoms with Gasteiger partial charge in [-0.3, -0.25) is 0 Å². The van der Waals surface area contributed by atoms with E-state index in [2.05, 4.69) is 20.4 Å². The molecule has 0 aromatic heterocycles. The van der Waals surface area contributed by atoms with E-state index in [-0.39, 0.29) is 5.91 Å². The van der Waals surface area contributed by atoms with Crippen LogP contribution in [0.25, 0.3) is 0 Å². The largest absolute Gasteiger partial charge is 0.478 e. The fourth-order valence-electron chi connectivity index (χ4n) is 1.69. The first kappa shape index (κ1) is 19.3. The number of hydrogen-bond acceptors (Lipinski definition) is 3. The van der Waals surface area contributed by atoms with E-state index in [0.29, 0.717) is 12.0 Å². The van der Waals surface area contributed by atoms with Crippen molar-refractivity contribution in [3.63, 3.8) is 0 Å². The minimum atomic E-state index is -0.887. The highest BCUT2D eigenvalue weighted by Crippen LogP contribution is 2.08. The minimum absolute atomic E-state index is 0.00815. The first-order valence-electron chi connectivity index (χ1n) is 7.76.